The summed E-state index contributed by atoms with van der Waals surface area (Å²) >= 11 is 0. The molecule has 0 radical (unpaired) electrons. The molecule has 0 aliphatic rings. The highest BCUT2D eigenvalue weighted by molar-refractivity contribution is 7.45. The molecule has 2 unspecified atom stereocenters. The van der Waals surface area contributed by atoms with Gasteiger partial charge in [-0.1, -0.05) is 90.4 Å². The van der Waals surface area contributed by atoms with Gasteiger partial charge in [0.25, 0.3) is 7.82 Å². The maximum absolute atomic E-state index is 15.0. The maximum atomic E-state index is 15.0. The number of hydrogen-bond donors (Lipinski definition) is 0. The SMILES string of the molecule is CCCCCCCCCCCCCCCCOCC(F)(COC)COP(=O)([O-])OCC[N+](C)(C)C. The number of phosphoric acid groups is 1. The van der Waals surface area contributed by atoms with E-state index in [2.05, 4.69) is 6.92 Å². The second-order valence-electron chi connectivity index (χ2n) is 10.8. The van der Waals surface area contributed by atoms with Crippen molar-refractivity contribution in [2.24, 2.45) is 0 Å². The van der Waals surface area contributed by atoms with Crippen LogP contribution in [0.4, 0.5) is 4.39 Å². The summed E-state index contributed by atoms with van der Waals surface area (Å²) < 4.78 is 47.5. The summed E-state index contributed by atoms with van der Waals surface area (Å²) in [4.78, 5) is 11.9. The van der Waals surface area contributed by atoms with Gasteiger partial charge in [-0.25, -0.2) is 4.39 Å². The van der Waals surface area contributed by atoms with Crippen molar-refractivity contribution in [1.82, 2.24) is 0 Å². The summed E-state index contributed by atoms with van der Waals surface area (Å²) in [5.74, 6) is 0. The summed E-state index contributed by atoms with van der Waals surface area (Å²) in [6.45, 7) is 1.86. The highest BCUT2D eigenvalue weighted by Gasteiger charge is 2.33. The Balaban J connectivity index is 3.81. The standard InChI is InChI=1S/C26H55FNO6P/c1-6-7-8-9-10-11-12-13-14-15-16-17-18-19-21-32-24-26(27,23-31-5)25-34-35(29,30)33-22-20-28(2,3)4/h6-25H2,1-5H3. The van der Waals surface area contributed by atoms with E-state index in [0.717, 1.165) is 19.3 Å². The molecule has 0 bridgehead atoms. The Labute approximate surface area is 215 Å². The van der Waals surface area contributed by atoms with E-state index < -0.39 is 20.1 Å². The third-order valence-electron chi connectivity index (χ3n) is 5.90. The predicted molar refractivity (Wildman–Crippen MR) is 139 cm³/mol. The largest absolute Gasteiger partial charge is 0.756 e. The lowest BCUT2D eigenvalue weighted by Crippen LogP contribution is -2.40. The van der Waals surface area contributed by atoms with Gasteiger partial charge in [-0.2, -0.15) is 0 Å². The van der Waals surface area contributed by atoms with E-state index in [0.29, 0.717) is 17.6 Å². The second kappa shape index (κ2) is 20.9. The number of likely N-dealkylation sites (N-methyl/N-ethyl adjacent to an activating group) is 1. The fourth-order valence-corrected chi connectivity index (χ4v) is 4.47. The molecule has 0 aliphatic carbocycles. The molecule has 0 aromatic heterocycles. The number of rotatable bonds is 26. The van der Waals surface area contributed by atoms with Crippen LogP contribution >= 0.6 is 7.82 Å². The third kappa shape index (κ3) is 24.0. The van der Waals surface area contributed by atoms with Gasteiger partial charge in [0.2, 0.25) is 0 Å². The van der Waals surface area contributed by atoms with Crippen LogP contribution in [0.2, 0.25) is 0 Å². The monoisotopic (exact) mass is 527 g/mol. The van der Waals surface area contributed by atoms with Crippen LogP contribution in [0.1, 0.15) is 96.8 Å². The number of nitrogens with zero attached hydrogens (tertiary/aromatic N) is 1. The summed E-state index contributed by atoms with van der Waals surface area (Å²) in [5.41, 5.74) is -2.05. The first-order valence-electron chi connectivity index (χ1n) is 13.7. The lowest BCUT2D eigenvalue weighted by Gasteiger charge is -2.30. The Kier molecular flexibility index (Phi) is 20.9. The highest BCUT2D eigenvalue weighted by Crippen LogP contribution is 2.39. The topological polar surface area (TPSA) is 77.1 Å². The van der Waals surface area contributed by atoms with E-state index in [1.54, 1.807) is 0 Å². The van der Waals surface area contributed by atoms with Gasteiger partial charge in [-0.15, -0.1) is 0 Å². The number of unbranched alkanes of at least 4 members (excludes halogenated alkanes) is 13. The summed E-state index contributed by atoms with van der Waals surface area (Å²) in [5, 5.41) is 0. The van der Waals surface area contributed by atoms with E-state index >= 15 is 4.39 Å². The zero-order valence-electron chi connectivity index (χ0n) is 23.4. The number of hydrogen-bond acceptors (Lipinski definition) is 6. The smallest absolute Gasteiger partial charge is 0.268 e. The first-order valence-corrected chi connectivity index (χ1v) is 15.2. The minimum atomic E-state index is -4.59. The fourth-order valence-electron chi connectivity index (χ4n) is 3.70. The molecule has 0 spiro atoms. The quantitative estimate of drug-likeness (QED) is 0.0775. The van der Waals surface area contributed by atoms with Gasteiger partial charge in [-0.05, 0) is 6.42 Å². The van der Waals surface area contributed by atoms with Gasteiger partial charge in [-0.3, -0.25) is 4.57 Å². The van der Waals surface area contributed by atoms with Gasteiger partial charge in [0.1, 0.15) is 13.2 Å². The van der Waals surface area contributed by atoms with Crippen molar-refractivity contribution in [3.63, 3.8) is 0 Å². The van der Waals surface area contributed by atoms with Crippen molar-refractivity contribution in [3.8, 4) is 0 Å². The van der Waals surface area contributed by atoms with Crippen molar-refractivity contribution in [1.29, 1.82) is 0 Å². The van der Waals surface area contributed by atoms with Crippen LogP contribution in [-0.4, -0.2) is 78.0 Å². The molecule has 0 aromatic carbocycles. The molecular weight excluding hydrogens is 472 g/mol. The Morgan fingerprint density at radius 1 is 0.743 bits per heavy atom. The zero-order chi connectivity index (χ0) is 26.5. The molecule has 212 valence electrons. The van der Waals surface area contributed by atoms with Gasteiger partial charge in [0.15, 0.2) is 5.67 Å². The van der Waals surface area contributed by atoms with E-state index in [1.165, 1.54) is 77.7 Å². The molecule has 2 atom stereocenters. The number of alkyl halides is 1. The Morgan fingerprint density at radius 3 is 1.69 bits per heavy atom. The number of quaternary nitrogens is 1. The molecule has 35 heavy (non-hydrogen) atoms. The minimum absolute atomic E-state index is 0.0243. The van der Waals surface area contributed by atoms with Gasteiger partial charge in [0.05, 0.1) is 41.0 Å². The average Bonchev–Trinajstić information content (AvgIpc) is 2.77. The third-order valence-corrected chi connectivity index (χ3v) is 6.84. The number of halogens is 1. The number of ether oxygens (including phenoxy) is 2. The highest BCUT2D eigenvalue weighted by atomic mass is 31.2. The van der Waals surface area contributed by atoms with E-state index in [-0.39, 0.29) is 19.8 Å². The van der Waals surface area contributed by atoms with Gasteiger partial charge in [0, 0.05) is 13.7 Å². The van der Waals surface area contributed by atoms with Crippen LogP contribution in [0.15, 0.2) is 0 Å². The second-order valence-corrected chi connectivity index (χ2v) is 12.2. The van der Waals surface area contributed by atoms with Crippen LogP contribution in [0.25, 0.3) is 0 Å². The Morgan fingerprint density at radius 2 is 1.23 bits per heavy atom. The fraction of sp³-hybridized carbons (Fsp3) is 1.00. The van der Waals surface area contributed by atoms with E-state index in [4.69, 9.17) is 18.5 Å². The molecule has 0 saturated carbocycles. The molecule has 7 nitrogen and oxygen atoms in total. The normalized spacial score (nSPS) is 15.7. The first-order chi connectivity index (χ1) is 16.5. The molecule has 0 N–H and O–H groups in total. The first kappa shape index (κ1) is 34.9. The Hall–Kier alpha value is -0.0800. The minimum Gasteiger partial charge on any atom is -0.756 e. The maximum Gasteiger partial charge on any atom is 0.268 e. The lowest BCUT2D eigenvalue weighted by atomic mass is 10.0. The summed E-state index contributed by atoms with van der Waals surface area (Å²) in [6, 6.07) is 0. The van der Waals surface area contributed by atoms with Crippen molar-refractivity contribution in [2.45, 2.75) is 102 Å². The lowest BCUT2D eigenvalue weighted by molar-refractivity contribution is -0.870. The van der Waals surface area contributed by atoms with Crippen LogP contribution in [-0.2, 0) is 23.1 Å². The summed E-state index contributed by atoms with van der Waals surface area (Å²) in [6.07, 6.45) is 17.8. The molecule has 0 aromatic rings. The predicted octanol–water partition coefficient (Wildman–Crippen LogP) is 6.05. The molecule has 9 heteroatoms. The zero-order valence-corrected chi connectivity index (χ0v) is 24.3. The molecule has 0 saturated heterocycles. The van der Waals surface area contributed by atoms with Crippen LogP contribution in [0.3, 0.4) is 0 Å². The molecular formula is C26H55FNO6P. The molecule has 0 fully saturated rings. The molecule has 0 aliphatic heterocycles. The number of methoxy groups -OCH3 is 1. The average molecular weight is 528 g/mol. The van der Waals surface area contributed by atoms with Gasteiger partial charge >= 0.3 is 0 Å². The van der Waals surface area contributed by atoms with E-state index in [9.17, 15) is 9.46 Å². The van der Waals surface area contributed by atoms with Crippen molar-refractivity contribution < 1.29 is 36.9 Å². The summed E-state index contributed by atoms with van der Waals surface area (Å²) in [7, 11) is 2.52. The van der Waals surface area contributed by atoms with Crippen LogP contribution < -0.4 is 4.89 Å². The van der Waals surface area contributed by atoms with Crippen molar-refractivity contribution in [3.05, 3.63) is 0 Å². The van der Waals surface area contributed by atoms with Crippen molar-refractivity contribution in [2.75, 3.05) is 67.8 Å². The van der Waals surface area contributed by atoms with E-state index in [1.807, 2.05) is 21.1 Å². The molecule has 0 amide bonds. The molecule has 0 heterocycles. The van der Waals surface area contributed by atoms with Crippen molar-refractivity contribution >= 4 is 7.82 Å². The van der Waals surface area contributed by atoms with Crippen LogP contribution in [0.5, 0.6) is 0 Å². The van der Waals surface area contributed by atoms with Crippen LogP contribution in [0, 0.1) is 0 Å². The van der Waals surface area contributed by atoms with Gasteiger partial charge < -0.3 is 27.9 Å². The Bertz CT molecular complexity index is 534. The number of phosphoric ester groups is 1. The molecule has 0 rings (SSSR count).